The SMILES string of the molecule is COc1ccc(C2CC(=O)C(C=NCc3ccccc3)=C(O)C2)cc1OC. The lowest BCUT2D eigenvalue weighted by molar-refractivity contribution is -0.116. The second-order valence-electron chi connectivity index (χ2n) is 6.46. The maximum absolute atomic E-state index is 12.5. The van der Waals surface area contributed by atoms with Crippen molar-refractivity contribution in [3.05, 3.63) is 71.0 Å². The maximum Gasteiger partial charge on any atom is 0.168 e. The first kappa shape index (κ1) is 18.7. The molecule has 140 valence electrons. The molecular formula is C22H23NO4. The summed E-state index contributed by atoms with van der Waals surface area (Å²) in [6, 6.07) is 15.4. The second kappa shape index (κ2) is 8.54. The predicted molar refractivity (Wildman–Crippen MR) is 105 cm³/mol. The van der Waals surface area contributed by atoms with Crippen LogP contribution in [0.4, 0.5) is 0 Å². The van der Waals surface area contributed by atoms with E-state index in [1.165, 1.54) is 6.21 Å². The van der Waals surface area contributed by atoms with Crippen molar-refractivity contribution in [1.29, 1.82) is 0 Å². The molecule has 0 spiro atoms. The van der Waals surface area contributed by atoms with Crippen molar-refractivity contribution < 1.29 is 19.4 Å². The second-order valence-corrected chi connectivity index (χ2v) is 6.46. The van der Waals surface area contributed by atoms with Gasteiger partial charge in [0, 0.05) is 19.1 Å². The van der Waals surface area contributed by atoms with Crippen LogP contribution in [0.3, 0.4) is 0 Å². The minimum Gasteiger partial charge on any atom is -0.511 e. The Hall–Kier alpha value is -3.08. The van der Waals surface area contributed by atoms with Gasteiger partial charge in [-0.2, -0.15) is 0 Å². The molecule has 2 aromatic carbocycles. The van der Waals surface area contributed by atoms with Crippen LogP contribution >= 0.6 is 0 Å². The fourth-order valence-corrected chi connectivity index (χ4v) is 3.22. The number of allylic oxidation sites excluding steroid dienone is 2. The Morgan fingerprint density at radius 1 is 1.07 bits per heavy atom. The van der Waals surface area contributed by atoms with E-state index in [4.69, 9.17) is 9.47 Å². The van der Waals surface area contributed by atoms with Crippen LogP contribution in [0, 0.1) is 0 Å². The minimum absolute atomic E-state index is 0.0860. The van der Waals surface area contributed by atoms with Gasteiger partial charge in [-0.05, 0) is 29.2 Å². The van der Waals surface area contributed by atoms with Gasteiger partial charge in [-0.25, -0.2) is 0 Å². The molecule has 0 aliphatic heterocycles. The molecule has 1 unspecified atom stereocenters. The average Bonchev–Trinajstić information content (AvgIpc) is 2.70. The molecule has 1 aliphatic rings. The number of benzene rings is 2. The average molecular weight is 365 g/mol. The summed E-state index contributed by atoms with van der Waals surface area (Å²) in [7, 11) is 3.16. The fourth-order valence-electron chi connectivity index (χ4n) is 3.22. The summed E-state index contributed by atoms with van der Waals surface area (Å²) in [6.07, 6.45) is 2.22. The van der Waals surface area contributed by atoms with Crippen molar-refractivity contribution in [2.24, 2.45) is 4.99 Å². The number of aliphatic hydroxyl groups excluding tert-OH is 1. The standard InChI is InChI=1S/C22H23NO4/c1-26-21-9-8-16(12-22(21)27-2)17-10-19(24)18(20(25)11-17)14-23-13-15-6-4-3-5-7-15/h3-9,12,14,17,24H,10-11,13H2,1-2H3. The van der Waals surface area contributed by atoms with Gasteiger partial charge in [0.25, 0.3) is 0 Å². The van der Waals surface area contributed by atoms with Gasteiger partial charge in [-0.15, -0.1) is 0 Å². The normalized spacial score (nSPS) is 17.4. The van der Waals surface area contributed by atoms with Crippen LogP contribution in [0.15, 0.2) is 64.9 Å². The first-order valence-corrected chi connectivity index (χ1v) is 8.83. The molecule has 0 fully saturated rings. The molecule has 27 heavy (non-hydrogen) atoms. The van der Waals surface area contributed by atoms with Crippen LogP contribution in [0.2, 0.25) is 0 Å². The van der Waals surface area contributed by atoms with E-state index in [-0.39, 0.29) is 17.5 Å². The highest BCUT2D eigenvalue weighted by atomic mass is 16.5. The number of hydrogen-bond acceptors (Lipinski definition) is 5. The zero-order valence-corrected chi connectivity index (χ0v) is 15.5. The van der Waals surface area contributed by atoms with Gasteiger partial charge in [0.05, 0.1) is 26.3 Å². The van der Waals surface area contributed by atoms with Gasteiger partial charge < -0.3 is 14.6 Å². The number of carbonyl (C=O) groups excluding carboxylic acids is 1. The van der Waals surface area contributed by atoms with Crippen LogP contribution < -0.4 is 9.47 Å². The number of carbonyl (C=O) groups is 1. The summed E-state index contributed by atoms with van der Waals surface area (Å²) in [6.45, 7) is 0.476. The summed E-state index contributed by atoms with van der Waals surface area (Å²) in [4.78, 5) is 16.9. The van der Waals surface area contributed by atoms with Gasteiger partial charge in [0.2, 0.25) is 0 Å². The lowest BCUT2D eigenvalue weighted by Gasteiger charge is -2.23. The molecule has 0 aromatic heterocycles. The first-order valence-electron chi connectivity index (χ1n) is 8.83. The van der Waals surface area contributed by atoms with E-state index in [1.807, 2.05) is 48.5 Å². The Bertz CT molecular complexity index is 871. The summed E-state index contributed by atoms with van der Waals surface area (Å²) < 4.78 is 10.6. The van der Waals surface area contributed by atoms with Crippen molar-refractivity contribution in [2.45, 2.75) is 25.3 Å². The summed E-state index contributed by atoms with van der Waals surface area (Å²) >= 11 is 0. The fraction of sp³-hybridized carbons (Fsp3) is 0.273. The molecule has 0 saturated carbocycles. The van der Waals surface area contributed by atoms with Gasteiger partial charge in [0.1, 0.15) is 5.76 Å². The molecule has 0 radical (unpaired) electrons. The third-order valence-corrected chi connectivity index (χ3v) is 4.70. The quantitative estimate of drug-likeness (QED) is 0.778. The molecule has 1 N–H and O–H groups in total. The zero-order chi connectivity index (χ0) is 19.2. The minimum atomic E-state index is -0.102. The first-order chi connectivity index (χ1) is 13.1. The van der Waals surface area contributed by atoms with Crippen LogP contribution in [0.1, 0.15) is 29.9 Å². The molecule has 1 aliphatic carbocycles. The molecule has 0 saturated heterocycles. The van der Waals surface area contributed by atoms with Gasteiger partial charge in [-0.1, -0.05) is 36.4 Å². The molecule has 0 amide bonds. The highest BCUT2D eigenvalue weighted by Crippen LogP contribution is 2.37. The number of rotatable bonds is 6. The van der Waals surface area contributed by atoms with Gasteiger partial charge in [-0.3, -0.25) is 9.79 Å². The largest absolute Gasteiger partial charge is 0.511 e. The Balaban J connectivity index is 1.75. The number of Topliss-reactive ketones (excluding diaryl/α,β-unsaturated/α-hetero) is 1. The summed E-state index contributed by atoms with van der Waals surface area (Å²) in [5.41, 5.74) is 2.30. The molecular weight excluding hydrogens is 342 g/mol. The Kier molecular flexibility index (Phi) is 5.91. The van der Waals surface area contributed by atoms with Crippen molar-refractivity contribution in [1.82, 2.24) is 0 Å². The number of methoxy groups -OCH3 is 2. The topological polar surface area (TPSA) is 68.1 Å². The van der Waals surface area contributed by atoms with Gasteiger partial charge >= 0.3 is 0 Å². The molecule has 0 bridgehead atoms. The summed E-state index contributed by atoms with van der Waals surface area (Å²) in [5, 5.41) is 10.4. The van der Waals surface area contributed by atoms with Crippen molar-refractivity contribution in [2.75, 3.05) is 14.2 Å². The number of ether oxygens (including phenoxy) is 2. The van der Waals surface area contributed by atoms with Crippen molar-refractivity contribution in [3.63, 3.8) is 0 Å². The van der Waals surface area contributed by atoms with E-state index in [9.17, 15) is 9.90 Å². The number of hydrogen-bond donors (Lipinski definition) is 1. The number of nitrogens with zero attached hydrogens (tertiary/aromatic N) is 1. The third-order valence-electron chi connectivity index (χ3n) is 4.70. The molecule has 0 heterocycles. The highest BCUT2D eigenvalue weighted by Gasteiger charge is 2.28. The molecule has 1 atom stereocenters. The van der Waals surface area contributed by atoms with E-state index in [0.29, 0.717) is 36.5 Å². The van der Waals surface area contributed by atoms with Crippen LogP contribution in [-0.4, -0.2) is 31.3 Å². The number of ketones is 1. The molecule has 5 heteroatoms. The number of aliphatic hydroxyl groups is 1. The lowest BCUT2D eigenvalue weighted by atomic mass is 9.83. The summed E-state index contributed by atoms with van der Waals surface area (Å²) in [5.74, 6) is 1.14. The third kappa shape index (κ3) is 4.37. The monoisotopic (exact) mass is 365 g/mol. The van der Waals surface area contributed by atoms with Crippen LogP contribution in [0.25, 0.3) is 0 Å². The molecule has 3 rings (SSSR count). The van der Waals surface area contributed by atoms with E-state index in [2.05, 4.69) is 4.99 Å². The smallest absolute Gasteiger partial charge is 0.168 e. The van der Waals surface area contributed by atoms with Crippen molar-refractivity contribution >= 4 is 12.0 Å². The van der Waals surface area contributed by atoms with Gasteiger partial charge in [0.15, 0.2) is 17.3 Å². The molecule has 5 nitrogen and oxygen atoms in total. The maximum atomic E-state index is 12.5. The highest BCUT2D eigenvalue weighted by molar-refractivity contribution is 6.14. The van der Waals surface area contributed by atoms with Crippen molar-refractivity contribution in [3.8, 4) is 11.5 Å². The van der Waals surface area contributed by atoms with E-state index >= 15 is 0 Å². The Morgan fingerprint density at radius 3 is 2.48 bits per heavy atom. The van der Waals surface area contributed by atoms with Crippen LogP contribution in [-0.2, 0) is 11.3 Å². The lowest BCUT2D eigenvalue weighted by Crippen LogP contribution is -2.19. The van der Waals surface area contributed by atoms with E-state index in [1.54, 1.807) is 14.2 Å². The predicted octanol–water partition coefficient (Wildman–Crippen LogP) is 4.23. The van der Waals surface area contributed by atoms with Crippen LogP contribution in [0.5, 0.6) is 11.5 Å². The van der Waals surface area contributed by atoms with E-state index < -0.39 is 0 Å². The molecule has 2 aromatic rings. The number of aliphatic imine (C=N–C) groups is 1. The Labute approximate surface area is 159 Å². The Morgan fingerprint density at radius 2 is 1.81 bits per heavy atom. The zero-order valence-electron chi connectivity index (χ0n) is 15.5. The van der Waals surface area contributed by atoms with E-state index in [0.717, 1.165) is 11.1 Å².